The maximum absolute atomic E-state index is 11.7. The molecule has 2 N–H and O–H groups in total. The lowest BCUT2D eigenvalue weighted by atomic mass is 10.2. The Morgan fingerprint density at radius 1 is 1.44 bits per heavy atom. The maximum Gasteiger partial charge on any atom is 0.259 e. The predicted molar refractivity (Wildman–Crippen MR) is 59.4 cm³/mol. The van der Waals surface area contributed by atoms with Gasteiger partial charge >= 0.3 is 0 Å². The molecular formula is C8H8N6OS. The molecule has 0 aliphatic rings. The van der Waals surface area contributed by atoms with Crippen molar-refractivity contribution in [2.75, 3.05) is 17.7 Å². The SMILES string of the molecule is CNc1ccc(C(=O)Nc2nnns2)cn1. The number of aromatic nitrogens is 4. The van der Waals surface area contributed by atoms with Gasteiger partial charge in [-0.25, -0.2) is 4.98 Å². The third-order valence-corrected chi connectivity index (χ3v) is 2.31. The molecule has 0 fully saturated rings. The Morgan fingerprint density at radius 3 is 2.88 bits per heavy atom. The largest absolute Gasteiger partial charge is 0.373 e. The summed E-state index contributed by atoms with van der Waals surface area (Å²) in [6.45, 7) is 0. The number of pyridine rings is 1. The van der Waals surface area contributed by atoms with Gasteiger partial charge in [-0.05, 0) is 17.3 Å². The van der Waals surface area contributed by atoms with Crippen LogP contribution in [0.2, 0.25) is 0 Å². The van der Waals surface area contributed by atoms with E-state index < -0.39 is 0 Å². The number of carbonyl (C=O) groups excluding carboxylic acids is 1. The Kier molecular flexibility index (Phi) is 3.01. The molecule has 8 heteroatoms. The molecule has 0 aliphatic carbocycles. The minimum absolute atomic E-state index is 0.284. The van der Waals surface area contributed by atoms with Crippen LogP contribution < -0.4 is 10.6 Å². The van der Waals surface area contributed by atoms with Gasteiger partial charge in [0, 0.05) is 24.8 Å². The molecular weight excluding hydrogens is 228 g/mol. The molecule has 2 rings (SSSR count). The highest BCUT2D eigenvalue weighted by molar-refractivity contribution is 7.09. The molecule has 0 radical (unpaired) electrons. The van der Waals surface area contributed by atoms with Crippen molar-refractivity contribution >= 4 is 28.4 Å². The van der Waals surface area contributed by atoms with Crippen molar-refractivity contribution in [1.29, 1.82) is 0 Å². The van der Waals surface area contributed by atoms with E-state index in [1.165, 1.54) is 6.20 Å². The highest BCUT2D eigenvalue weighted by Gasteiger charge is 2.08. The fourth-order valence-electron chi connectivity index (χ4n) is 1.03. The van der Waals surface area contributed by atoms with Crippen molar-refractivity contribution in [3.8, 4) is 0 Å². The second kappa shape index (κ2) is 4.62. The molecule has 0 saturated heterocycles. The van der Waals surface area contributed by atoms with Crippen LogP contribution in [0.25, 0.3) is 0 Å². The molecule has 0 spiro atoms. The number of anilines is 2. The minimum atomic E-state index is -0.284. The van der Waals surface area contributed by atoms with Crippen LogP contribution in [0.1, 0.15) is 10.4 Å². The molecule has 0 aliphatic heterocycles. The molecule has 2 heterocycles. The molecule has 2 aromatic rings. The predicted octanol–water partition coefficient (Wildman–Crippen LogP) is 0.622. The number of nitrogens with zero attached hydrogens (tertiary/aromatic N) is 4. The van der Waals surface area contributed by atoms with Gasteiger partial charge in [0.1, 0.15) is 5.82 Å². The van der Waals surface area contributed by atoms with Crippen LogP contribution in [0.4, 0.5) is 10.9 Å². The number of hydrogen-bond acceptors (Lipinski definition) is 7. The van der Waals surface area contributed by atoms with Gasteiger partial charge in [0.05, 0.1) is 5.56 Å². The summed E-state index contributed by atoms with van der Waals surface area (Å²) in [4.78, 5) is 15.7. The van der Waals surface area contributed by atoms with Crippen LogP contribution in [-0.2, 0) is 0 Å². The smallest absolute Gasteiger partial charge is 0.259 e. The Hall–Kier alpha value is -2.09. The summed E-state index contributed by atoms with van der Waals surface area (Å²) in [6.07, 6.45) is 1.48. The molecule has 82 valence electrons. The van der Waals surface area contributed by atoms with Gasteiger partial charge in [-0.15, -0.1) is 0 Å². The lowest BCUT2D eigenvalue weighted by Crippen LogP contribution is -2.12. The molecule has 0 unspecified atom stereocenters. The average Bonchev–Trinajstić information content (AvgIpc) is 2.82. The zero-order valence-electron chi connectivity index (χ0n) is 8.34. The number of nitrogens with one attached hydrogen (secondary N) is 2. The van der Waals surface area contributed by atoms with Gasteiger partial charge in [0.15, 0.2) is 0 Å². The zero-order chi connectivity index (χ0) is 11.4. The van der Waals surface area contributed by atoms with Crippen molar-refractivity contribution in [3.63, 3.8) is 0 Å². The fourth-order valence-corrected chi connectivity index (χ4v) is 1.39. The minimum Gasteiger partial charge on any atom is -0.373 e. The molecule has 0 atom stereocenters. The second-order valence-corrected chi connectivity index (χ2v) is 3.54. The summed E-state index contributed by atoms with van der Waals surface area (Å²) >= 11 is 1.02. The first-order valence-electron chi connectivity index (χ1n) is 4.40. The van der Waals surface area contributed by atoms with Crippen LogP contribution in [0.5, 0.6) is 0 Å². The van der Waals surface area contributed by atoms with Gasteiger partial charge in [-0.1, -0.05) is 9.59 Å². The van der Waals surface area contributed by atoms with Crippen LogP contribution in [0, 0.1) is 0 Å². The molecule has 2 aromatic heterocycles. The Labute approximate surface area is 95.1 Å². The van der Waals surface area contributed by atoms with Gasteiger partial charge in [-0.2, -0.15) is 0 Å². The van der Waals surface area contributed by atoms with E-state index in [0.29, 0.717) is 16.5 Å². The molecule has 0 saturated carbocycles. The number of hydrogen-bond donors (Lipinski definition) is 2. The lowest BCUT2D eigenvalue weighted by Gasteiger charge is -2.01. The van der Waals surface area contributed by atoms with Crippen LogP contribution in [0.3, 0.4) is 0 Å². The Bertz CT molecular complexity index is 468. The van der Waals surface area contributed by atoms with Gasteiger partial charge in [0.2, 0.25) is 5.13 Å². The third kappa shape index (κ3) is 2.28. The highest BCUT2D eigenvalue weighted by atomic mass is 32.1. The molecule has 1 amide bonds. The number of amides is 1. The van der Waals surface area contributed by atoms with E-state index in [1.807, 2.05) is 0 Å². The Balaban J connectivity index is 2.09. The van der Waals surface area contributed by atoms with Crippen molar-refractivity contribution in [2.24, 2.45) is 0 Å². The Morgan fingerprint density at radius 2 is 2.31 bits per heavy atom. The summed E-state index contributed by atoms with van der Waals surface area (Å²) in [7, 11) is 1.76. The van der Waals surface area contributed by atoms with Gasteiger partial charge in [-0.3, -0.25) is 10.1 Å². The normalized spacial score (nSPS) is 9.81. The summed E-state index contributed by atoms with van der Waals surface area (Å²) in [5.41, 5.74) is 0.453. The lowest BCUT2D eigenvalue weighted by molar-refractivity contribution is 0.102. The van der Waals surface area contributed by atoms with E-state index in [9.17, 15) is 4.79 Å². The van der Waals surface area contributed by atoms with E-state index >= 15 is 0 Å². The quantitative estimate of drug-likeness (QED) is 0.811. The summed E-state index contributed by atoms with van der Waals surface area (Å²) in [5.74, 6) is 0.419. The third-order valence-electron chi connectivity index (χ3n) is 1.80. The number of rotatable bonds is 3. The van der Waals surface area contributed by atoms with Crippen molar-refractivity contribution in [2.45, 2.75) is 0 Å². The fraction of sp³-hybridized carbons (Fsp3) is 0.125. The van der Waals surface area contributed by atoms with Crippen molar-refractivity contribution in [3.05, 3.63) is 23.9 Å². The van der Waals surface area contributed by atoms with Gasteiger partial charge < -0.3 is 5.32 Å². The molecule has 7 nitrogen and oxygen atoms in total. The summed E-state index contributed by atoms with van der Waals surface area (Å²) in [6, 6.07) is 3.38. The standard InChI is InChI=1S/C8H8N6OS/c1-9-6-3-2-5(4-10-6)7(15)11-8-12-13-14-16-8/h2-4H,1H3,(H,9,10)(H,11,12,14,15). The van der Waals surface area contributed by atoms with Crippen LogP contribution in [0.15, 0.2) is 18.3 Å². The number of carbonyl (C=O) groups is 1. The first-order chi connectivity index (χ1) is 7.79. The van der Waals surface area contributed by atoms with E-state index in [2.05, 4.69) is 30.4 Å². The molecule has 0 aromatic carbocycles. The van der Waals surface area contributed by atoms with Crippen molar-refractivity contribution < 1.29 is 4.79 Å². The average molecular weight is 236 g/mol. The monoisotopic (exact) mass is 236 g/mol. The van der Waals surface area contributed by atoms with E-state index in [0.717, 1.165) is 11.5 Å². The summed E-state index contributed by atoms with van der Waals surface area (Å²) < 4.78 is 3.54. The van der Waals surface area contributed by atoms with Crippen molar-refractivity contribution in [1.82, 2.24) is 19.8 Å². The maximum atomic E-state index is 11.7. The second-order valence-electron chi connectivity index (χ2n) is 2.80. The van der Waals surface area contributed by atoms with E-state index in [4.69, 9.17) is 0 Å². The topological polar surface area (TPSA) is 92.7 Å². The van der Waals surface area contributed by atoms with Gasteiger partial charge in [0.25, 0.3) is 5.91 Å². The van der Waals surface area contributed by atoms with E-state index in [-0.39, 0.29) is 5.91 Å². The van der Waals surface area contributed by atoms with E-state index in [1.54, 1.807) is 19.2 Å². The highest BCUT2D eigenvalue weighted by Crippen LogP contribution is 2.09. The van der Waals surface area contributed by atoms with Crippen LogP contribution in [-0.4, -0.2) is 32.7 Å². The molecule has 16 heavy (non-hydrogen) atoms. The zero-order valence-corrected chi connectivity index (χ0v) is 9.15. The molecule has 0 bridgehead atoms. The summed E-state index contributed by atoms with van der Waals surface area (Å²) in [5, 5.41) is 12.8. The first-order valence-corrected chi connectivity index (χ1v) is 5.17. The first kappa shape index (κ1) is 10.4. The van der Waals surface area contributed by atoms with Crippen LogP contribution >= 0.6 is 11.5 Å².